The minimum absolute atomic E-state index is 0.492. The highest BCUT2D eigenvalue weighted by Crippen LogP contribution is 2.37. The fourth-order valence-corrected chi connectivity index (χ4v) is 1.66. The molecule has 0 aliphatic carbocycles. The lowest BCUT2D eigenvalue weighted by Gasteiger charge is -2.06. The lowest BCUT2D eigenvalue weighted by molar-refractivity contribution is 0.340. The molecule has 3 saturated heterocycles. The molecule has 3 heterocycles. The Balaban J connectivity index is 1.57. The van der Waals surface area contributed by atoms with Gasteiger partial charge in [-0.15, -0.1) is 0 Å². The van der Waals surface area contributed by atoms with Crippen LogP contribution in [0.1, 0.15) is 0 Å². The third kappa shape index (κ3) is 1.43. The first-order chi connectivity index (χ1) is 5.43. The molecule has 0 aromatic heterocycles. The molecule has 60 valence electrons. The van der Waals surface area contributed by atoms with Gasteiger partial charge in [-0.2, -0.15) is 0 Å². The molecule has 3 rings (SSSR count). The zero-order valence-corrected chi connectivity index (χ0v) is 6.36. The molecule has 0 amide bonds. The molecule has 0 N–H and O–H groups in total. The van der Waals surface area contributed by atoms with Gasteiger partial charge in [-0.1, -0.05) is 0 Å². The predicted molar refractivity (Wildman–Crippen MR) is 40.1 cm³/mol. The minimum atomic E-state index is 0.492. The van der Waals surface area contributed by atoms with Gasteiger partial charge in [0.15, 0.2) is 7.28 Å². The highest BCUT2D eigenvalue weighted by molar-refractivity contribution is 6.41. The first kappa shape index (κ1) is 6.46. The van der Waals surface area contributed by atoms with Gasteiger partial charge in [-0.25, -0.2) is 0 Å². The Morgan fingerprint density at radius 1 is 1.00 bits per heavy atom. The van der Waals surface area contributed by atoms with E-state index in [0.717, 1.165) is 27.1 Å². The summed E-state index contributed by atoms with van der Waals surface area (Å²) in [5.74, 6) is 0.627. The summed E-state index contributed by atoms with van der Waals surface area (Å²) in [6.45, 7) is 2.84. The number of hydrogen-bond donors (Lipinski definition) is 0. The fourth-order valence-electron chi connectivity index (χ4n) is 1.66. The van der Waals surface area contributed by atoms with Gasteiger partial charge in [-0.05, 0) is 5.82 Å². The van der Waals surface area contributed by atoms with Crippen LogP contribution in [0.2, 0.25) is 5.82 Å². The maximum absolute atomic E-state index is 5.27. The van der Waals surface area contributed by atoms with Gasteiger partial charge >= 0.3 is 0 Å². The van der Waals surface area contributed by atoms with Crippen LogP contribution in [0, 0.1) is 0 Å². The van der Waals surface area contributed by atoms with Crippen molar-refractivity contribution in [3.63, 3.8) is 0 Å². The fraction of sp³-hybridized carbons (Fsp3) is 1.00. The Kier molecular flexibility index (Phi) is 1.30. The van der Waals surface area contributed by atoms with Gasteiger partial charge < -0.3 is 14.2 Å². The van der Waals surface area contributed by atoms with E-state index in [1.165, 1.54) is 0 Å². The van der Waals surface area contributed by atoms with Gasteiger partial charge in [0.25, 0.3) is 0 Å². The minimum Gasteiger partial charge on any atom is -0.383 e. The van der Waals surface area contributed by atoms with Crippen molar-refractivity contribution in [3.8, 4) is 0 Å². The summed E-state index contributed by atoms with van der Waals surface area (Å²) in [5.41, 5.74) is 0. The van der Waals surface area contributed by atoms with Crippen molar-refractivity contribution in [1.29, 1.82) is 0 Å². The topological polar surface area (TPSA) is 37.6 Å². The SMILES string of the molecule is B(C1CO1)C(C1CO1)C1CO1. The second-order valence-corrected chi connectivity index (χ2v) is 3.60. The molecular formula is C7H11BO3. The zero-order valence-electron chi connectivity index (χ0n) is 6.36. The molecule has 3 fully saturated rings. The third-order valence-electron chi connectivity index (χ3n) is 2.61. The summed E-state index contributed by atoms with van der Waals surface area (Å²) in [4.78, 5) is 0. The van der Waals surface area contributed by atoms with Gasteiger partial charge in [0.2, 0.25) is 0 Å². The molecule has 0 saturated carbocycles. The quantitative estimate of drug-likeness (QED) is 0.399. The van der Waals surface area contributed by atoms with Crippen molar-refractivity contribution < 1.29 is 14.2 Å². The van der Waals surface area contributed by atoms with Crippen molar-refractivity contribution in [2.75, 3.05) is 19.8 Å². The van der Waals surface area contributed by atoms with Crippen LogP contribution in [-0.4, -0.2) is 45.3 Å². The molecular weight excluding hydrogens is 143 g/mol. The monoisotopic (exact) mass is 154 g/mol. The lowest BCUT2D eigenvalue weighted by atomic mass is 9.59. The standard InChI is InChI=1S/C7H11BO3/c1-4(9-1)7(5-2-10-5)8-6-3-11-6/h4-8H,1-3H2. The molecule has 4 heteroatoms. The lowest BCUT2D eigenvalue weighted by Crippen LogP contribution is -2.20. The summed E-state index contributed by atoms with van der Waals surface area (Å²) < 4.78 is 15.7. The van der Waals surface area contributed by atoms with Crippen LogP contribution in [0.25, 0.3) is 0 Å². The van der Waals surface area contributed by atoms with E-state index in [9.17, 15) is 0 Å². The van der Waals surface area contributed by atoms with Crippen molar-refractivity contribution in [2.45, 2.75) is 24.0 Å². The molecule has 0 spiro atoms. The number of hydrogen-bond acceptors (Lipinski definition) is 3. The van der Waals surface area contributed by atoms with Gasteiger partial charge in [-0.3, -0.25) is 0 Å². The molecule has 3 nitrogen and oxygen atoms in total. The van der Waals surface area contributed by atoms with Gasteiger partial charge in [0, 0.05) is 0 Å². The summed E-state index contributed by atoms with van der Waals surface area (Å²) in [6, 6.07) is 0.522. The average molecular weight is 154 g/mol. The molecule has 3 unspecified atom stereocenters. The summed E-state index contributed by atoms with van der Waals surface area (Å²) in [6.07, 6.45) is 0.985. The average Bonchev–Trinajstić information content (AvgIpc) is 2.77. The van der Waals surface area contributed by atoms with Crippen molar-refractivity contribution in [2.24, 2.45) is 0 Å². The smallest absolute Gasteiger partial charge is 0.170 e. The van der Waals surface area contributed by atoms with Crippen molar-refractivity contribution in [1.82, 2.24) is 0 Å². The Morgan fingerprint density at radius 3 is 1.91 bits per heavy atom. The number of rotatable bonds is 4. The third-order valence-corrected chi connectivity index (χ3v) is 2.61. The van der Waals surface area contributed by atoms with E-state index in [-0.39, 0.29) is 0 Å². The normalized spacial score (nSPS) is 48.2. The van der Waals surface area contributed by atoms with Crippen LogP contribution in [0.5, 0.6) is 0 Å². The Bertz CT molecular complexity index is 151. The molecule has 0 radical (unpaired) electrons. The van der Waals surface area contributed by atoms with E-state index in [4.69, 9.17) is 14.2 Å². The van der Waals surface area contributed by atoms with Crippen LogP contribution in [0.3, 0.4) is 0 Å². The van der Waals surface area contributed by atoms with Crippen molar-refractivity contribution in [3.05, 3.63) is 0 Å². The van der Waals surface area contributed by atoms with Crippen LogP contribution in [0.4, 0.5) is 0 Å². The molecule has 11 heavy (non-hydrogen) atoms. The maximum atomic E-state index is 5.27. The highest BCUT2D eigenvalue weighted by Gasteiger charge is 2.47. The van der Waals surface area contributed by atoms with E-state index in [1.807, 2.05) is 0 Å². The van der Waals surface area contributed by atoms with Crippen LogP contribution < -0.4 is 0 Å². The summed E-state index contributed by atoms with van der Waals surface area (Å²) in [7, 11) is 1.15. The molecule has 0 aromatic carbocycles. The van der Waals surface area contributed by atoms with E-state index >= 15 is 0 Å². The van der Waals surface area contributed by atoms with E-state index < -0.39 is 0 Å². The van der Waals surface area contributed by atoms with Gasteiger partial charge in [0.05, 0.1) is 38.0 Å². The molecule has 0 bridgehead atoms. The Labute approximate surface area is 66.2 Å². The van der Waals surface area contributed by atoms with E-state index in [2.05, 4.69) is 0 Å². The molecule has 3 aliphatic rings. The van der Waals surface area contributed by atoms with E-state index in [0.29, 0.717) is 24.0 Å². The Hall–Kier alpha value is -0.0551. The zero-order chi connectivity index (χ0) is 7.26. The van der Waals surface area contributed by atoms with Crippen LogP contribution in [0.15, 0.2) is 0 Å². The van der Waals surface area contributed by atoms with Crippen LogP contribution >= 0.6 is 0 Å². The second-order valence-electron chi connectivity index (χ2n) is 3.60. The Morgan fingerprint density at radius 2 is 1.55 bits per heavy atom. The molecule has 3 atom stereocenters. The van der Waals surface area contributed by atoms with Crippen molar-refractivity contribution >= 4 is 7.28 Å². The predicted octanol–water partition coefficient (Wildman–Crippen LogP) is -0.635. The highest BCUT2D eigenvalue weighted by atomic mass is 16.6. The molecule has 3 aliphatic heterocycles. The first-order valence-electron chi connectivity index (χ1n) is 4.28. The number of epoxide rings is 3. The summed E-state index contributed by atoms with van der Waals surface area (Å²) >= 11 is 0. The molecule has 0 aromatic rings. The van der Waals surface area contributed by atoms with Crippen LogP contribution in [-0.2, 0) is 14.2 Å². The van der Waals surface area contributed by atoms with Gasteiger partial charge in [0.1, 0.15) is 0 Å². The largest absolute Gasteiger partial charge is 0.383 e. The summed E-state index contributed by atoms with van der Waals surface area (Å²) in [5, 5.41) is 0. The maximum Gasteiger partial charge on any atom is 0.170 e. The second kappa shape index (κ2) is 2.22. The van der Waals surface area contributed by atoms with E-state index in [1.54, 1.807) is 0 Å². The number of ether oxygens (including phenoxy) is 3. The first-order valence-corrected chi connectivity index (χ1v) is 4.28.